The zero-order chi connectivity index (χ0) is 40.0. The number of esters is 2. The minimum Gasteiger partial charge on any atom is -0.756 e. The van der Waals surface area contributed by atoms with Gasteiger partial charge in [-0.05, 0) is 77.0 Å². The van der Waals surface area contributed by atoms with E-state index in [9.17, 15) is 19.0 Å². The summed E-state index contributed by atoms with van der Waals surface area (Å²) in [5, 5.41) is 0. The molecule has 0 saturated heterocycles. The number of likely N-dealkylation sites (N-methyl/N-ethyl adjacent to an activating group) is 1. The number of nitrogens with zero attached hydrogens (tertiary/aromatic N) is 1. The number of unbranched alkanes of at least 4 members (excludes halogenated alkanes) is 16. The van der Waals surface area contributed by atoms with Crippen LogP contribution in [0.3, 0.4) is 0 Å². The molecule has 0 aliphatic carbocycles. The number of hydrogen-bond donors (Lipinski definition) is 0. The summed E-state index contributed by atoms with van der Waals surface area (Å²) in [6.45, 7) is 4.13. The lowest BCUT2D eigenvalue weighted by atomic mass is 10.1. The third-order valence-corrected chi connectivity index (χ3v) is 9.79. The lowest BCUT2D eigenvalue weighted by Gasteiger charge is -2.28. The first-order chi connectivity index (χ1) is 26.0. The van der Waals surface area contributed by atoms with Gasteiger partial charge in [-0.25, -0.2) is 0 Å². The van der Waals surface area contributed by atoms with Gasteiger partial charge in [0.05, 0.1) is 27.7 Å². The lowest BCUT2D eigenvalue weighted by Crippen LogP contribution is -2.37. The van der Waals surface area contributed by atoms with E-state index in [1.807, 2.05) is 21.1 Å². The molecule has 0 aliphatic rings. The van der Waals surface area contributed by atoms with Crippen molar-refractivity contribution in [2.75, 3.05) is 47.5 Å². The molecular weight excluding hydrogens is 701 g/mol. The highest BCUT2D eigenvalue weighted by Gasteiger charge is 2.21. The zero-order valence-electron chi connectivity index (χ0n) is 35.2. The zero-order valence-corrected chi connectivity index (χ0v) is 36.0. The fourth-order valence-electron chi connectivity index (χ4n) is 5.42. The van der Waals surface area contributed by atoms with Gasteiger partial charge in [-0.2, -0.15) is 0 Å². The van der Waals surface area contributed by atoms with Crippen LogP contribution in [0.25, 0.3) is 0 Å². The van der Waals surface area contributed by atoms with Crippen LogP contribution in [-0.4, -0.2) is 70.0 Å². The Morgan fingerprint density at radius 2 is 1.00 bits per heavy atom. The molecule has 0 aliphatic heterocycles. The van der Waals surface area contributed by atoms with E-state index in [-0.39, 0.29) is 26.1 Å². The minimum atomic E-state index is -4.63. The van der Waals surface area contributed by atoms with Crippen molar-refractivity contribution in [1.29, 1.82) is 0 Å². The van der Waals surface area contributed by atoms with Crippen molar-refractivity contribution in [1.82, 2.24) is 0 Å². The van der Waals surface area contributed by atoms with Crippen molar-refractivity contribution in [3.05, 3.63) is 48.6 Å². The molecule has 0 radical (unpaired) electrons. The molecule has 0 N–H and O–H groups in total. The molecule has 0 fully saturated rings. The maximum absolute atomic E-state index is 12.6. The smallest absolute Gasteiger partial charge is 0.306 e. The molecule has 0 heterocycles. The fourth-order valence-corrected chi connectivity index (χ4v) is 6.15. The van der Waals surface area contributed by atoms with Gasteiger partial charge >= 0.3 is 11.9 Å². The van der Waals surface area contributed by atoms with Crippen molar-refractivity contribution in [3.8, 4) is 0 Å². The monoisotopic (exact) mass is 782 g/mol. The van der Waals surface area contributed by atoms with Gasteiger partial charge in [0, 0.05) is 12.8 Å². The Morgan fingerprint density at radius 3 is 1.57 bits per heavy atom. The Morgan fingerprint density at radius 1 is 0.574 bits per heavy atom. The van der Waals surface area contributed by atoms with E-state index >= 15 is 0 Å². The summed E-state index contributed by atoms with van der Waals surface area (Å²) in [6.07, 6.45) is 41.4. The first-order valence-electron chi connectivity index (χ1n) is 21.3. The van der Waals surface area contributed by atoms with E-state index in [1.165, 1.54) is 64.2 Å². The van der Waals surface area contributed by atoms with Crippen molar-refractivity contribution in [2.45, 2.75) is 174 Å². The van der Waals surface area contributed by atoms with Crippen LogP contribution in [0.2, 0.25) is 0 Å². The second kappa shape index (κ2) is 36.6. The van der Waals surface area contributed by atoms with Crippen LogP contribution < -0.4 is 4.89 Å². The summed E-state index contributed by atoms with van der Waals surface area (Å²) in [5.74, 6) is -0.892. The van der Waals surface area contributed by atoms with Gasteiger partial charge in [0.25, 0.3) is 7.82 Å². The number of phosphoric acid groups is 1. The molecule has 0 aromatic heterocycles. The predicted molar refractivity (Wildman–Crippen MR) is 222 cm³/mol. The van der Waals surface area contributed by atoms with Crippen LogP contribution in [0.5, 0.6) is 0 Å². The SMILES string of the molecule is CCCCC/C=C\C/C=C\C/C=C\CCCCC(=O)OC[C@H](COP(=O)([O-])OCC[N+](C)(C)C)OC(=O)CCCCCCC/C=C\CCCCCCCC. The summed E-state index contributed by atoms with van der Waals surface area (Å²) in [7, 11) is 1.13. The first kappa shape index (κ1) is 52.0. The van der Waals surface area contributed by atoms with Crippen molar-refractivity contribution < 1.29 is 42.1 Å². The molecule has 0 spiro atoms. The Kier molecular flexibility index (Phi) is 35.2. The molecule has 54 heavy (non-hydrogen) atoms. The average Bonchev–Trinajstić information content (AvgIpc) is 3.12. The van der Waals surface area contributed by atoms with E-state index in [1.54, 1.807) is 0 Å². The molecule has 1 unspecified atom stereocenters. The van der Waals surface area contributed by atoms with Crippen molar-refractivity contribution >= 4 is 19.8 Å². The van der Waals surface area contributed by atoms with E-state index < -0.39 is 32.5 Å². The van der Waals surface area contributed by atoms with Gasteiger partial charge in [-0.1, -0.05) is 127 Å². The van der Waals surface area contributed by atoms with E-state index in [0.717, 1.165) is 64.2 Å². The third kappa shape index (κ3) is 39.7. The van der Waals surface area contributed by atoms with E-state index in [0.29, 0.717) is 23.9 Å². The molecular formula is C44H80NO8P. The number of carbonyl (C=O) groups excluding carboxylic acids is 2. The van der Waals surface area contributed by atoms with Gasteiger partial charge in [-0.15, -0.1) is 0 Å². The lowest BCUT2D eigenvalue weighted by molar-refractivity contribution is -0.870. The van der Waals surface area contributed by atoms with Crippen LogP contribution in [0.1, 0.15) is 168 Å². The quantitative estimate of drug-likeness (QED) is 0.0200. The molecule has 0 bridgehead atoms. The second-order valence-corrected chi connectivity index (χ2v) is 16.8. The van der Waals surface area contributed by atoms with Gasteiger partial charge in [0.15, 0.2) is 6.10 Å². The Bertz CT molecular complexity index is 1070. The molecule has 314 valence electrons. The Labute approximate surface area is 331 Å². The maximum Gasteiger partial charge on any atom is 0.306 e. The number of rotatable bonds is 38. The van der Waals surface area contributed by atoms with E-state index in [2.05, 4.69) is 62.5 Å². The summed E-state index contributed by atoms with van der Waals surface area (Å²) in [5.41, 5.74) is 0. The first-order valence-corrected chi connectivity index (χ1v) is 22.8. The topological polar surface area (TPSA) is 111 Å². The van der Waals surface area contributed by atoms with Crippen LogP contribution in [0.15, 0.2) is 48.6 Å². The number of quaternary nitrogens is 1. The number of phosphoric ester groups is 1. The van der Waals surface area contributed by atoms with Gasteiger partial charge in [0.2, 0.25) is 0 Å². The molecule has 0 amide bonds. The third-order valence-electron chi connectivity index (χ3n) is 8.82. The normalized spacial score (nSPS) is 14.1. The molecule has 0 saturated carbocycles. The predicted octanol–water partition coefficient (Wildman–Crippen LogP) is 11.3. The minimum absolute atomic E-state index is 0.0397. The highest BCUT2D eigenvalue weighted by Crippen LogP contribution is 2.38. The number of hydrogen-bond acceptors (Lipinski definition) is 8. The Hall–Kier alpha value is -2.03. The fraction of sp³-hybridized carbons (Fsp3) is 0.773. The van der Waals surface area contributed by atoms with Gasteiger partial charge in [0.1, 0.15) is 19.8 Å². The number of ether oxygens (including phenoxy) is 2. The van der Waals surface area contributed by atoms with Crippen LogP contribution >= 0.6 is 7.82 Å². The molecule has 0 rings (SSSR count). The van der Waals surface area contributed by atoms with Crippen LogP contribution in [0.4, 0.5) is 0 Å². The largest absolute Gasteiger partial charge is 0.756 e. The van der Waals surface area contributed by atoms with Gasteiger partial charge < -0.3 is 27.9 Å². The second-order valence-electron chi connectivity index (χ2n) is 15.3. The van der Waals surface area contributed by atoms with E-state index in [4.69, 9.17) is 18.5 Å². The standard InChI is InChI=1S/C44H80NO8P/c1-6-8-10-12-14-16-18-20-22-24-26-28-30-32-34-36-43(46)50-40-42(41-52-54(48,49)51-39-38-45(3,4)5)53-44(47)37-35-33-31-29-27-25-23-21-19-17-15-13-11-9-7-2/h14,16,20-23,26,28,42H,6-13,15,17-19,24-25,27,29-41H2,1-5H3/b16-14-,22-20-,23-21-,28-26-/t42-/m1/s1. The van der Waals surface area contributed by atoms with Crippen LogP contribution in [0, 0.1) is 0 Å². The summed E-state index contributed by atoms with van der Waals surface area (Å²) >= 11 is 0. The van der Waals surface area contributed by atoms with Gasteiger partial charge in [-0.3, -0.25) is 14.2 Å². The highest BCUT2D eigenvalue weighted by atomic mass is 31.2. The summed E-state index contributed by atoms with van der Waals surface area (Å²) in [6, 6.07) is 0. The molecule has 2 atom stereocenters. The molecule has 9 nitrogen and oxygen atoms in total. The molecule has 0 aromatic carbocycles. The molecule has 10 heteroatoms. The molecule has 0 aromatic rings. The Balaban J connectivity index is 4.47. The van der Waals surface area contributed by atoms with Crippen LogP contribution in [-0.2, 0) is 32.7 Å². The summed E-state index contributed by atoms with van der Waals surface area (Å²) < 4.78 is 33.8. The number of allylic oxidation sites excluding steroid dienone is 8. The summed E-state index contributed by atoms with van der Waals surface area (Å²) in [4.78, 5) is 37.4. The van der Waals surface area contributed by atoms with Crippen molar-refractivity contribution in [2.24, 2.45) is 0 Å². The number of carbonyl (C=O) groups is 2. The maximum atomic E-state index is 12.6. The average molecular weight is 782 g/mol. The van der Waals surface area contributed by atoms with Crippen molar-refractivity contribution in [3.63, 3.8) is 0 Å². The highest BCUT2D eigenvalue weighted by molar-refractivity contribution is 7.45.